The first-order chi connectivity index (χ1) is 11.6. The molecule has 0 N–H and O–H groups in total. The van der Waals surface area contributed by atoms with E-state index in [-0.39, 0.29) is 6.42 Å². The molecule has 1 aliphatic rings. The molecule has 2 aromatic rings. The fourth-order valence-electron chi connectivity index (χ4n) is 2.92. The average molecular weight is 460 g/mol. The van der Waals surface area contributed by atoms with Gasteiger partial charge in [0, 0.05) is 29.4 Å². The Morgan fingerprint density at radius 1 is 1.20 bits per heavy atom. The molecule has 1 aliphatic heterocycles. The Morgan fingerprint density at radius 3 is 2.32 bits per heavy atom. The van der Waals surface area contributed by atoms with Crippen LogP contribution in [0.15, 0.2) is 24.5 Å². The molecule has 1 atom stereocenters. The van der Waals surface area contributed by atoms with Gasteiger partial charge in [0.25, 0.3) is 0 Å². The number of rotatable bonds is 2. The molecule has 1 aromatic carbocycles. The Balaban J connectivity index is 2.05. The number of halogens is 3. The van der Waals surface area contributed by atoms with Gasteiger partial charge in [-0.2, -0.15) is 5.10 Å². The van der Waals surface area contributed by atoms with Crippen LogP contribution in [0.1, 0.15) is 18.9 Å². The quantitative estimate of drug-likeness (QED) is 0.648. The summed E-state index contributed by atoms with van der Waals surface area (Å²) in [7, 11) is 3.22. The second-order valence-electron chi connectivity index (χ2n) is 6.14. The lowest BCUT2D eigenvalue weighted by atomic mass is 9.87. The van der Waals surface area contributed by atoms with Crippen LogP contribution in [0.2, 0.25) is 0 Å². The Hall–Kier alpha value is -2.04. The van der Waals surface area contributed by atoms with Crippen LogP contribution in [0.3, 0.4) is 0 Å². The van der Waals surface area contributed by atoms with Crippen LogP contribution in [0, 0.1) is 15.2 Å². The van der Waals surface area contributed by atoms with Crippen molar-refractivity contribution in [3.05, 3.63) is 45.3 Å². The molecule has 0 aliphatic carbocycles. The summed E-state index contributed by atoms with van der Waals surface area (Å²) in [5.74, 6) is -2.58. The monoisotopic (exact) mass is 460 g/mol. The van der Waals surface area contributed by atoms with Crippen LogP contribution in [0.5, 0.6) is 0 Å². The van der Waals surface area contributed by atoms with Crippen LogP contribution in [-0.4, -0.2) is 33.7 Å². The molecule has 0 saturated carbocycles. The van der Waals surface area contributed by atoms with Gasteiger partial charge in [-0.3, -0.25) is 9.48 Å². The molecular weight excluding hydrogens is 445 g/mol. The van der Waals surface area contributed by atoms with E-state index in [1.54, 1.807) is 53.6 Å². The highest BCUT2D eigenvalue weighted by Gasteiger charge is 2.48. The van der Waals surface area contributed by atoms with Gasteiger partial charge in [0.15, 0.2) is 11.6 Å². The third kappa shape index (κ3) is 2.79. The van der Waals surface area contributed by atoms with Gasteiger partial charge in [0.2, 0.25) is 5.91 Å². The predicted molar refractivity (Wildman–Crippen MR) is 94.9 cm³/mol. The van der Waals surface area contributed by atoms with Gasteiger partial charge in [-0.1, -0.05) is 0 Å². The maximum atomic E-state index is 14.3. The summed E-state index contributed by atoms with van der Waals surface area (Å²) in [4.78, 5) is 27.3. The van der Waals surface area contributed by atoms with E-state index in [4.69, 9.17) is 0 Å². The minimum absolute atomic E-state index is 0.119. The van der Waals surface area contributed by atoms with Gasteiger partial charge in [-0.05, 0) is 41.6 Å². The molecule has 6 nitrogen and oxygen atoms in total. The summed E-state index contributed by atoms with van der Waals surface area (Å²) in [5, 5.41) is 4.07. The zero-order valence-electron chi connectivity index (χ0n) is 13.8. The third-order valence-corrected chi connectivity index (χ3v) is 5.12. The second kappa shape index (κ2) is 6.04. The first kappa shape index (κ1) is 17.8. The van der Waals surface area contributed by atoms with Crippen molar-refractivity contribution < 1.29 is 18.4 Å². The molecule has 25 heavy (non-hydrogen) atoms. The van der Waals surface area contributed by atoms with Crippen LogP contribution in [-0.2, 0) is 17.4 Å². The van der Waals surface area contributed by atoms with E-state index in [9.17, 15) is 18.4 Å². The lowest BCUT2D eigenvalue weighted by molar-refractivity contribution is -0.122. The molecule has 1 saturated heterocycles. The average Bonchev–Trinajstić information content (AvgIpc) is 2.95. The minimum Gasteiger partial charge on any atom is -0.317 e. The lowest BCUT2D eigenvalue weighted by Crippen LogP contribution is -2.60. The Morgan fingerprint density at radius 2 is 1.80 bits per heavy atom. The van der Waals surface area contributed by atoms with Crippen molar-refractivity contribution in [3.8, 4) is 0 Å². The topological polar surface area (TPSA) is 58.4 Å². The van der Waals surface area contributed by atoms with Crippen LogP contribution < -0.4 is 4.90 Å². The zero-order chi connectivity index (χ0) is 18.5. The number of aromatic nitrogens is 2. The number of anilines is 1. The van der Waals surface area contributed by atoms with Crippen molar-refractivity contribution in [2.24, 2.45) is 7.05 Å². The van der Waals surface area contributed by atoms with E-state index >= 15 is 0 Å². The number of carbonyl (C=O) groups excluding carboxylic acids is 2. The highest BCUT2D eigenvalue weighted by molar-refractivity contribution is 14.1. The van der Waals surface area contributed by atoms with E-state index in [0.717, 1.165) is 12.1 Å². The Bertz CT molecular complexity index is 862. The SMILES string of the molecule is CN1C(=O)N(c2c(F)cc(I)cc2F)C(=O)C[C@@]1(C)c1cnn(C)c1. The molecule has 0 radical (unpaired) electrons. The number of amides is 3. The van der Waals surface area contributed by atoms with Crippen molar-refractivity contribution in [3.63, 3.8) is 0 Å². The molecule has 9 heteroatoms. The van der Waals surface area contributed by atoms with Crippen molar-refractivity contribution in [1.82, 2.24) is 14.7 Å². The van der Waals surface area contributed by atoms with E-state index in [1.807, 2.05) is 0 Å². The number of aryl methyl sites for hydroxylation is 1. The number of hydrogen-bond acceptors (Lipinski definition) is 3. The molecule has 0 unspecified atom stereocenters. The summed E-state index contributed by atoms with van der Waals surface area (Å²) in [6.45, 7) is 1.72. The number of hydrogen-bond donors (Lipinski definition) is 0. The number of nitrogens with zero attached hydrogens (tertiary/aromatic N) is 4. The molecule has 3 rings (SSSR count). The number of benzene rings is 1. The summed E-state index contributed by atoms with van der Waals surface area (Å²) in [6, 6.07) is 1.37. The maximum Gasteiger partial charge on any atom is 0.332 e. The molecule has 0 bridgehead atoms. The van der Waals surface area contributed by atoms with E-state index < -0.39 is 34.8 Å². The first-order valence-corrected chi connectivity index (χ1v) is 8.47. The van der Waals surface area contributed by atoms with Crippen molar-refractivity contribution >= 4 is 40.2 Å². The van der Waals surface area contributed by atoms with Gasteiger partial charge in [0.05, 0.1) is 18.2 Å². The van der Waals surface area contributed by atoms with E-state index in [1.165, 1.54) is 11.9 Å². The smallest absolute Gasteiger partial charge is 0.317 e. The summed E-state index contributed by atoms with van der Waals surface area (Å²) in [5.41, 5.74) is -0.923. The zero-order valence-corrected chi connectivity index (χ0v) is 15.9. The second-order valence-corrected chi connectivity index (χ2v) is 7.39. The molecule has 1 fully saturated rings. The number of imide groups is 1. The van der Waals surface area contributed by atoms with Crippen LogP contribution in [0.4, 0.5) is 19.3 Å². The van der Waals surface area contributed by atoms with Gasteiger partial charge < -0.3 is 4.90 Å². The van der Waals surface area contributed by atoms with E-state index in [2.05, 4.69) is 5.10 Å². The predicted octanol–water partition coefficient (Wildman–Crippen LogP) is 3.01. The fraction of sp³-hybridized carbons (Fsp3) is 0.312. The Kier molecular flexibility index (Phi) is 4.30. The van der Waals surface area contributed by atoms with Crippen LogP contribution in [0.25, 0.3) is 0 Å². The molecular formula is C16H15F2IN4O2. The van der Waals surface area contributed by atoms with Crippen molar-refractivity contribution in [1.29, 1.82) is 0 Å². The van der Waals surface area contributed by atoms with Gasteiger partial charge in [-0.15, -0.1) is 0 Å². The third-order valence-electron chi connectivity index (χ3n) is 4.50. The van der Waals surface area contributed by atoms with E-state index in [0.29, 0.717) is 14.0 Å². The van der Waals surface area contributed by atoms with Crippen LogP contribution >= 0.6 is 22.6 Å². The number of carbonyl (C=O) groups is 2. The molecule has 2 heterocycles. The molecule has 1 aromatic heterocycles. The molecule has 3 amide bonds. The maximum absolute atomic E-state index is 14.3. The molecule has 0 spiro atoms. The highest BCUT2D eigenvalue weighted by Crippen LogP contribution is 2.38. The summed E-state index contributed by atoms with van der Waals surface area (Å²) in [6.07, 6.45) is 3.16. The largest absolute Gasteiger partial charge is 0.332 e. The van der Waals surface area contributed by atoms with Gasteiger partial charge in [0.1, 0.15) is 5.69 Å². The fourth-order valence-corrected chi connectivity index (χ4v) is 3.47. The lowest BCUT2D eigenvalue weighted by Gasteiger charge is -2.45. The molecule has 132 valence electrons. The van der Waals surface area contributed by atoms with Crippen molar-refractivity contribution in [2.75, 3.05) is 11.9 Å². The Labute approximate surface area is 156 Å². The minimum atomic E-state index is -0.954. The summed E-state index contributed by atoms with van der Waals surface area (Å²) >= 11 is 1.76. The van der Waals surface area contributed by atoms with Gasteiger partial charge in [-0.25, -0.2) is 18.5 Å². The normalized spacial score (nSPS) is 21.2. The number of urea groups is 1. The standard InChI is InChI=1S/C16H15F2IN4O2/c1-16(9-7-20-21(2)8-9)6-13(24)23(15(25)22(16)3)14-11(17)4-10(19)5-12(14)18/h4-5,7-8H,6H2,1-3H3/t16-/m0/s1. The first-order valence-electron chi connectivity index (χ1n) is 7.39. The highest BCUT2D eigenvalue weighted by atomic mass is 127. The summed E-state index contributed by atoms with van der Waals surface area (Å²) < 4.78 is 30.4. The van der Waals surface area contributed by atoms with Gasteiger partial charge >= 0.3 is 6.03 Å². The van der Waals surface area contributed by atoms with Crippen molar-refractivity contribution in [2.45, 2.75) is 18.9 Å².